The predicted molar refractivity (Wildman–Crippen MR) is 71.0 cm³/mol. The van der Waals surface area contributed by atoms with E-state index in [0.717, 1.165) is 19.5 Å². The van der Waals surface area contributed by atoms with E-state index in [2.05, 4.69) is 4.90 Å². The molecule has 2 heterocycles. The average molecular weight is 264 g/mol. The van der Waals surface area contributed by atoms with Crippen LogP contribution in [0.25, 0.3) is 0 Å². The molecule has 0 aliphatic carbocycles. The summed E-state index contributed by atoms with van der Waals surface area (Å²) in [7, 11) is 0. The van der Waals surface area contributed by atoms with Crippen molar-refractivity contribution in [3.63, 3.8) is 0 Å². The minimum Gasteiger partial charge on any atom is -0.461 e. The molecule has 1 aliphatic heterocycles. The number of hydrogen-bond donors (Lipinski definition) is 0. The van der Waals surface area contributed by atoms with Crippen molar-refractivity contribution in [3.05, 3.63) is 24.2 Å². The minimum atomic E-state index is -0.00154. The Labute approximate surface area is 113 Å². The highest BCUT2D eigenvalue weighted by molar-refractivity contribution is 5.95. The lowest BCUT2D eigenvalue weighted by Gasteiger charge is -2.34. The van der Waals surface area contributed by atoms with E-state index < -0.39 is 0 Å². The highest BCUT2D eigenvalue weighted by atomic mass is 16.3. The van der Waals surface area contributed by atoms with Crippen LogP contribution in [-0.4, -0.2) is 54.2 Å². The van der Waals surface area contributed by atoms with Crippen LogP contribution in [-0.2, 0) is 4.79 Å². The van der Waals surface area contributed by atoms with Crippen molar-refractivity contribution in [1.82, 2.24) is 9.80 Å². The van der Waals surface area contributed by atoms with Gasteiger partial charge < -0.3 is 9.32 Å². The molecule has 0 bridgehead atoms. The Morgan fingerprint density at radius 2 is 2.00 bits per heavy atom. The second-order valence-electron chi connectivity index (χ2n) is 4.81. The Bertz CT molecular complexity index is 420. The largest absolute Gasteiger partial charge is 0.461 e. The fraction of sp³-hybridized carbons (Fsp3) is 0.571. The summed E-state index contributed by atoms with van der Waals surface area (Å²) in [6.07, 6.45) is 3.01. The average Bonchev–Trinajstić information content (AvgIpc) is 2.94. The van der Waals surface area contributed by atoms with E-state index >= 15 is 0 Å². The van der Waals surface area contributed by atoms with Gasteiger partial charge in [-0.2, -0.15) is 0 Å². The summed E-state index contributed by atoms with van der Waals surface area (Å²) in [6, 6.07) is 3.40. The lowest BCUT2D eigenvalue weighted by atomic mass is 10.2. The van der Waals surface area contributed by atoms with Gasteiger partial charge in [0, 0.05) is 32.6 Å². The molecule has 5 heteroatoms. The van der Waals surface area contributed by atoms with Crippen LogP contribution >= 0.6 is 0 Å². The molecule has 19 heavy (non-hydrogen) atoms. The second kappa shape index (κ2) is 6.52. The number of carbonyl (C=O) groups is 2. The van der Waals surface area contributed by atoms with Crippen LogP contribution in [0.5, 0.6) is 0 Å². The summed E-state index contributed by atoms with van der Waals surface area (Å²) in [5, 5.41) is 0. The Kier molecular flexibility index (Phi) is 4.74. The number of furan rings is 1. The van der Waals surface area contributed by atoms with Crippen molar-refractivity contribution in [2.24, 2.45) is 0 Å². The first kappa shape index (κ1) is 13.8. The van der Waals surface area contributed by atoms with Crippen molar-refractivity contribution < 1.29 is 14.0 Å². The molecule has 0 atom stereocenters. The van der Waals surface area contributed by atoms with Crippen LogP contribution in [0.2, 0.25) is 0 Å². The van der Waals surface area contributed by atoms with Gasteiger partial charge in [0.2, 0.25) is 11.7 Å². The first-order valence-electron chi connectivity index (χ1n) is 6.77. The normalized spacial score (nSPS) is 16.6. The third kappa shape index (κ3) is 3.67. The van der Waals surface area contributed by atoms with Gasteiger partial charge in [-0.05, 0) is 18.6 Å². The molecule has 2 rings (SSSR count). The summed E-state index contributed by atoms with van der Waals surface area (Å²) >= 11 is 0. The molecule has 1 saturated heterocycles. The van der Waals surface area contributed by atoms with E-state index in [1.165, 1.54) is 6.26 Å². The van der Waals surface area contributed by atoms with E-state index in [-0.39, 0.29) is 11.7 Å². The maximum atomic E-state index is 11.9. The fourth-order valence-electron chi connectivity index (χ4n) is 2.25. The van der Waals surface area contributed by atoms with Gasteiger partial charge in [0.15, 0.2) is 5.76 Å². The number of Topliss-reactive ketones (excluding diaryl/α,β-unsaturated/α-hetero) is 1. The molecule has 0 aromatic carbocycles. The number of amides is 1. The molecule has 0 N–H and O–H groups in total. The van der Waals surface area contributed by atoms with Gasteiger partial charge in [0.05, 0.1) is 12.8 Å². The number of rotatable bonds is 5. The van der Waals surface area contributed by atoms with Gasteiger partial charge in [0.25, 0.3) is 0 Å². The Hall–Kier alpha value is -1.62. The molecule has 5 nitrogen and oxygen atoms in total. The van der Waals surface area contributed by atoms with Gasteiger partial charge in [-0.3, -0.25) is 14.5 Å². The third-order valence-electron chi connectivity index (χ3n) is 3.35. The number of piperazine rings is 1. The molecule has 1 aliphatic rings. The zero-order valence-electron chi connectivity index (χ0n) is 11.3. The van der Waals surface area contributed by atoms with Crippen molar-refractivity contribution in [1.29, 1.82) is 0 Å². The van der Waals surface area contributed by atoms with Crippen molar-refractivity contribution in [3.8, 4) is 0 Å². The summed E-state index contributed by atoms with van der Waals surface area (Å²) in [5.41, 5.74) is 0. The zero-order valence-corrected chi connectivity index (χ0v) is 11.3. The van der Waals surface area contributed by atoms with Crippen LogP contribution in [0.4, 0.5) is 0 Å². The quantitative estimate of drug-likeness (QED) is 0.754. The summed E-state index contributed by atoms with van der Waals surface area (Å²) < 4.78 is 5.09. The summed E-state index contributed by atoms with van der Waals surface area (Å²) in [5.74, 6) is 0.627. The van der Waals surface area contributed by atoms with Crippen molar-refractivity contribution in [2.75, 3.05) is 32.7 Å². The van der Waals surface area contributed by atoms with Crippen LogP contribution in [0.3, 0.4) is 0 Å². The van der Waals surface area contributed by atoms with Crippen molar-refractivity contribution in [2.45, 2.75) is 19.8 Å². The minimum absolute atomic E-state index is 0.00154. The monoisotopic (exact) mass is 264 g/mol. The topological polar surface area (TPSA) is 53.8 Å². The van der Waals surface area contributed by atoms with E-state index in [1.54, 1.807) is 12.1 Å². The van der Waals surface area contributed by atoms with Crippen LogP contribution < -0.4 is 0 Å². The predicted octanol–water partition coefficient (Wildman–Crippen LogP) is 1.41. The molecule has 0 saturated carbocycles. The first-order valence-corrected chi connectivity index (χ1v) is 6.77. The lowest BCUT2D eigenvalue weighted by Crippen LogP contribution is -2.49. The standard InChI is InChI=1S/C14H20N2O3/c1-2-4-14(18)16-8-6-15(7-9-16)11-12(17)13-5-3-10-19-13/h3,5,10H,2,4,6-9,11H2,1H3. The summed E-state index contributed by atoms with van der Waals surface area (Å²) in [4.78, 5) is 27.6. The van der Waals surface area contributed by atoms with Crippen LogP contribution in [0.15, 0.2) is 22.8 Å². The highest BCUT2D eigenvalue weighted by Gasteiger charge is 2.22. The van der Waals surface area contributed by atoms with Crippen LogP contribution in [0.1, 0.15) is 30.3 Å². The molecule has 0 unspecified atom stereocenters. The molecule has 0 spiro atoms. The van der Waals surface area contributed by atoms with E-state index in [0.29, 0.717) is 31.8 Å². The molecular formula is C14H20N2O3. The number of ketones is 1. The van der Waals surface area contributed by atoms with Gasteiger partial charge >= 0.3 is 0 Å². The molecule has 1 aromatic rings. The Morgan fingerprint density at radius 3 is 2.58 bits per heavy atom. The molecule has 0 radical (unpaired) electrons. The molecule has 1 fully saturated rings. The smallest absolute Gasteiger partial charge is 0.222 e. The van der Waals surface area contributed by atoms with Gasteiger partial charge in [-0.25, -0.2) is 0 Å². The lowest BCUT2D eigenvalue weighted by molar-refractivity contribution is -0.132. The number of hydrogen-bond acceptors (Lipinski definition) is 4. The molecule has 1 amide bonds. The SMILES string of the molecule is CCCC(=O)N1CCN(CC(=O)c2ccco2)CC1. The van der Waals surface area contributed by atoms with Gasteiger partial charge in [-0.1, -0.05) is 6.92 Å². The second-order valence-corrected chi connectivity index (χ2v) is 4.81. The Morgan fingerprint density at radius 1 is 1.26 bits per heavy atom. The first-order chi connectivity index (χ1) is 9.20. The van der Waals surface area contributed by atoms with E-state index in [4.69, 9.17) is 4.42 Å². The summed E-state index contributed by atoms with van der Waals surface area (Å²) in [6.45, 7) is 5.30. The maximum absolute atomic E-state index is 11.9. The number of nitrogens with zero attached hydrogens (tertiary/aromatic N) is 2. The highest BCUT2D eigenvalue weighted by Crippen LogP contribution is 2.07. The molecule has 104 valence electrons. The van der Waals surface area contributed by atoms with E-state index in [9.17, 15) is 9.59 Å². The third-order valence-corrected chi connectivity index (χ3v) is 3.35. The fourth-order valence-corrected chi connectivity index (χ4v) is 2.25. The van der Waals surface area contributed by atoms with Gasteiger partial charge in [-0.15, -0.1) is 0 Å². The molecular weight excluding hydrogens is 244 g/mol. The van der Waals surface area contributed by atoms with Crippen LogP contribution in [0, 0.1) is 0 Å². The maximum Gasteiger partial charge on any atom is 0.222 e. The van der Waals surface area contributed by atoms with E-state index in [1.807, 2.05) is 11.8 Å². The zero-order chi connectivity index (χ0) is 13.7. The van der Waals surface area contributed by atoms with Gasteiger partial charge in [0.1, 0.15) is 0 Å². The van der Waals surface area contributed by atoms with Crippen molar-refractivity contribution >= 4 is 11.7 Å². The molecule has 1 aromatic heterocycles. The Balaban J connectivity index is 1.77. The number of carbonyl (C=O) groups excluding carboxylic acids is 2.